The first kappa shape index (κ1) is 31.9. The lowest BCUT2D eigenvalue weighted by Gasteiger charge is -2.25. The molecule has 0 spiro atoms. The van der Waals surface area contributed by atoms with Crippen molar-refractivity contribution in [3.8, 4) is 11.1 Å². The summed E-state index contributed by atoms with van der Waals surface area (Å²) in [6.45, 7) is 11.9. The number of amides is 1. The Kier molecular flexibility index (Phi) is 11.1. The fourth-order valence-electron chi connectivity index (χ4n) is 4.28. The van der Waals surface area contributed by atoms with Crippen LogP contribution < -0.4 is 5.32 Å². The van der Waals surface area contributed by atoms with Crippen molar-refractivity contribution in [1.82, 2.24) is 5.32 Å². The second-order valence-electron chi connectivity index (χ2n) is 10.3. The molecule has 0 heterocycles. The van der Waals surface area contributed by atoms with E-state index < -0.39 is 53.2 Å². The Bertz CT molecular complexity index is 1170. The summed E-state index contributed by atoms with van der Waals surface area (Å²) in [7, 11) is 0. The molecule has 214 valence electrons. The van der Waals surface area contributed by atoms with Crippen molar-refractivity contribution in [2.75, 3.05) is 6.61 Å². The predicted octanol–water partition coefficient (Wildman–Crippen LogP) is 8.24. The number of alkyl carbamates (subject to hydrolysis) is 1. The van der Waals surface area contributed by atoms with E-state index in [-0.39, 0.29) is 12.2 Å². The number of unbranched alkanes of at least 4 members (excludes halogenated alkanes) is 2. The number of carbonyl (C=O) groups is 2. The van der Waals surface area contributed by atoms with Gasteiger partial charge in [-0.2, -0.15) is 13.2 Å². The van der Waals surface area contributed by atoms with Gasteiger partial charge >= 0.3 is 18.2 Å². The standard InChI is InChI=1S/C30H37F4NO4/c1-7-9-10-11-14-20-15-12-13-19(3)26(20)21-16-22(27(31)23(17-21)30(32,33)34)24(18-25(36)38-8-2)35-28(37)39-29(4,5)6/h7,12-13,15-17,24H,1,8-11,14,18H2,2-6H3,(H,35,37)/t24-/m0/s1. The predicted molar refractivity (Wildman–Crippen MR) is 143 cm³/mol. The van der Waals surface area contributed by atoms with E-state index in [9.17, 15) is 22.8 Å². The van der Waals surface area contributed by atoms with Crippen LogP contribution in [0, 0.1) is 12.7 Å². The fourth-order valence-corrected chi connectivity index (χ4v) is 4.28. The lowest BCUT2D eigenvalue weighted by Crippen LogP contribution is -2.36. The maximum absolute atomic E-state index is 15.6. The van der Waals surface area contributed by atoms with Crippen LogP contribution in [0.3, 0.4) is 0 Å². The Morgan fingerprint density at radius 1 is 1.13 bits per heavy atom. The summed E-state index contributed by atoms with van der Waals surface area (Å²) < 4.78 is 68.0. The Morgan fingerprint density at radius 2 is 1.82 bits per heavy atom. The average Bonchev–Trinajstić information content (AvgIpc) is 2.80. The maximum Gasteiger partial charge on any atom is 0.419 e. The van der Waals surface area contributed by atoms with E-state index in [0.29, 0.717) is 17.5 Å². The molecule has 0 aliphatic carbocycles. The minimum absolute atomic E-state index is 0.00668. The molecule has 1 amide bonds. The second kappa shape index (κ2) is 13.6. The van der Waals surface area contributed by atoms with E-state index in [0.717, 1.165) is 30.9 Å². The topological polar surface area (TPSA) is 64.6 Å². The molecule has 0 saturated heterocycles. The van der Waals surface area contributed by atoms with Crippen LogP contribution in [-0.2, 0) is 26.9 Å². The van der Waals surface area contributed by atoms with Gasteiger partial charge in [-0.3, -0.25) is 4.79 Å². The Morgan fingerprint density at radius 3 is 2.41 bits per heavy atom. The monoisotopic (exact) mass is 551 g/mol. The summed E-state index contributed by atoms with van der Waals surface area (Å²) >= 11 is 0. The van der Waals surface area contributed by atoms with E-state index in [4.69, 9.17) is 9.47 Å². The zero-order valence-corrected chi connectivity index (χ0v) is 23.1. The van der Waals surface area contributed by atoms with Crippen molar-refractivity contribution in [2.24, 2.45) is 0 Å². The number of aryl methyl sites for hydroxylation is 2. The molecule has 0 bridgehead atoms. The zero-order chi connectivity index (χ0) is 29.4. The molecule has 0 saturated carbocycles. The molecule has 39 heavy (non-hydrogen) atoms. The van der Waals surface area contributed by atoms with Crippen molar-refractivity contribution >= 4 is 12.1 Å². The number of ether oxygens (including phenoxy) is 2. The molecule has 5 nitrogen and oxygen atoms in total. The highest BCUT2D eigenvalue weighted by molar-refractivity contribution is 5.76. The number of halogens is 4. The van der Waals surface area contributed by atoms with Crippen LogP contribution in [0.2, 0.25) is 0 Å². The molecule has 0 unspecified atom stereocenters. The number of rotatable bonds is 11. The molecule has 0 aliphatic rings. The summed E-state index contributed by atoms with van der Waals surface area (Å²) in [6.07, 6.45) is -1.76. The molecule has 0 aromatic heterocycles. The quantitative estimate of drug-likeness (QED) is 0.132. The first-order chi connectivity index (χ1) is 18.2. The molecule has 0 radical (unpaired) electrons. The summed E-state index contributed by atoms with van der Waals surface area (Å²) in [5.74, 6) is -2.38. The lowest BCUT2D eigenvalue weighted by atomic mass is 9.88. The van der Waals surface area contributed by atoms with Gasteiger partial charge in [0.2, 0.25) is 0 Å². The average molecular weight is 552 g/mol. The molecule has 1 atom stereocenters. The van der Waals surface area contributed by atoms with E-state index in [2.05, 4.69) is 11.9 Å². The lowest BCUT2D eigenvalue weighted by molar-refractivity contribution is -0.143. The molecular formula is C30H37F4NO4. The zero-order valence-electron chi connectivity index (χ0n) is 23.1. The summed E-state index contributed by atoms with van der Waals surface area (Å²) in [4.78, 5) is 24.9. The third-order valence-electron chi connectivity index (χ3n) is 5.90. The number of nitrogens with one attached hydrogen (secondary N) is 1. The van der Waals surface area contributed by atoms with Gasteiger partial charge in [-0.15, -0.1) is 6.58 Å². The third kappa shape index (κ3) is 9.41. The molecule has 0 aliphatic heterocycles. The first-order valence-electron chi connectivity index (χ1n) is 12.9. The molecular weight excluding hydrogens is 514 g/mol. The van der Waals surface area contributed by atoms with Crippen molar-refractivity contribution in [1.29, 1.82) is 0 Å². The number of hydrogen-bond acceptors (Lipinski definition) is 4. The van der Waals surface area contributed by atoms with Crippen LogP contribution in [0.4, 0.5) is 22.4 Å². The van der Waals surface area contributed by atoms with Gasteiger partial charge in [0, 0.05) is 5.56 Å². The van der Waals surface area contributed by atoms with E-state index >= 15 is 4.39 Å². The largest absolute Gasteiger partial charge is 0.466 e. The number of esters is 1. The normalized spacial score (nSPS) is 12.5. The van der Waals surface area contributed by atoms with Gasteiger partial charge < -0.3 is 14.8 Å². The number of allylic oxidation sites excluding steroid dienone is 1. The van der Waals surface area contributed by atoms with Crippen LogP contribution in [0.15, 0.2) is 43.0 Å². The van der Waals surface area contributed by atoms with Crippen molar-refractivity contribution in [3.63, 3.8) is 0 Å². The molecule has 0 fully saturated rings. The fraction of sp³-hybridized carbons (Fsp3) is 0.467. The van der Waals surface area contributed by atoms with Gasteiger partial charge in [-0.25, -0.2) is 9.18 Å². The van der Waals surface area contributed by atoms with Gasteiger partial charge in [-0.05, 0) is 94.7 Å². The van der Waals surface area contributed by atoms with E-state index in [1.54, 1.807) is 46.8 Å². The highest BCUT2D eigenvalue weighted by Crippen LogP contribution is 2.40. The highest BCUT2D eigenvalue weighted by Gasteiger charge is 2.38. The number of hydrogen-bond donors (Lipinski definition) is 1. The van der Waals surface area contributed by atoms with Crippen LogP contribution >= 0.6 is 0 Å². The number of carbonyl (C=O) groups excluding carboxylic acids is 2. The highest BCUT2D eigenvalue weighted by atomic mass is 19.4. The van der Waals surface area contributed by atoms with E-state index in [1.807, 2.05) is 12.1 Å². The summed E-state index contributed by atoms with van der Waals surface area (Å²) in [5.41, 5.74) is -0.700. The molecule has 1 N–H and O–H groups in total. The first-order valence-corrected chi connectivity index (χ1v) is 12.9. The molecule has 2 aromatic rings. The maximum atomic E-state index is 15.6. The van der Waals surface area contributed by atoms with Gasteiger partial charge in [0.15, 0.2) is 0 Å². The second-order valence-corrected chi connectivity index (χ2v) is 10.3. The van der Waals surface area contributed by atoms with Crippen LogP contribution in [-0.4, -0.2) is 24.3 Å². The van der Waals surface area contributed by atoms with Crippen molar-refractivity contribution < 1.29 is 36.6 Å². The van der Waals surface area contributed by atoms with Crippen LogP contribution in [0.25, 0.3) is 11.1 Å². The van der Waals surface area contributed by atoms with Crippen LogP contribution in [0.5, 0.6) is 0 Å². The Labute approximate surface area is 227 Å². The van der Waals surface area contributed by atoms with Gasteiger partial charge in [0.25, 0.3) is 0 Å². The molecule has 2 rings (SSSR count). The van der Waals surface area contributed by atoms with Gasteiger partial charge in [-0.1, -0.05) is 24.3 Å². The Hall–Kier alpha value is -3.36. The van der Waals surface area contributed by atoms with Crippen molar-refractivity contribution in [2.45, 2.75) is 84.5 Å². The molecule has 2 aromatic carbocycles. The minimum Gasteiger partial charge on any atom is -0.466 e. The summed E-state index contributed by atoms with van der Waals surface area (Å²) in [6, 6.07) is 6.00. The van der Waals surface area contributed by atoms with Gasteiger partial charge in [0.1, 0.15) is 11.4 Å². The molecule has 9 heteroatoms. The smallest absolute Gasteiger partial charge is 0.419 e. The van der Waals surface area contributed by atoms with Crippen LogP contribution in [0.1, 0.15) is 81.7 Å². The third-order valence-corrected chi connectivity index (χ3v) is 5.90. The minimum atomic E-state index is -5.03. The Balaban J connectivity index is 2.72. The number of benzene rings is 2. The summed E-state index contributed by atoms with van der Waals surface area (Å²) in [5, 5.41) is 2.38. The van der Waals surface area contributed by atoms with Gasteiger partial charge in [0.05, 0.1) is 24.6 Å². The number of alkyl halides is 3. The van der Waals surface area contributed by atoms with E-state index in [1.165, 1.54) is 6.07 Å². The van der Waals surface area contributed by atoms with Crippen molar-refractivity contribution in [3.05, 3.63) is 71.1 Å². The SMILES string of the molecule is C=CCCCCc1cccc(C)c1-c1cc([C@H](CC(=O)OCC)NC(=O)OC(C)(C)C)c(F)c(C(F)(F)F)c1.